The molecule has 5 aromatic carbocycles. The molecule has 2 aromatic heterocycles. The van der Waals surface area contributed by atoms with Crippen molar-refractivity contribution in [2.45, 2.75) is 26.2 Å². The Labute approximate surface area is 266 Å². The summed E-state index contributed by atoms with van der Waals surface area (Å²) in [6.07, 6.45) is 1.89. The Morgan fingerprint density at radius 1 is 0.744 bits per heavy atom. The van der Waals surface area contributed by atoms with Gasteiger partial charge in [-0.2, -0.15) is 0 Å². The molecule has 4 nitrogen and oxygen atoms in total. The molecule has 0 aliphatic carbocycles. The van der Waals surface area contributed by atoms with Crippen molar-refractivity contribution in [1.82, 2.24) is 14.5 Å². The fourth-order valence-corrected chi connectivity index (χ4v) is 5.62. The number of aromatic nitrogens is 3. The number of benzene rings is 5. The van der Waals surface area contributed by atoms with E-state index in [1.54, 1.807) is 6.07 Å². The summed E-state index contributed by atoms with van der Waals surface area (Å²) < 4.78 is 2.12. The van der Waals surface area contributed by atoms with E-state index >= 15 is 0 Å². The fraction of sp³-hybridized carbons (Fsp3) is 0.105. The van der Waals surface area contributed by atoms with Crippen molar-refractivity contribution in [2.24, 2.45) is 0 Å². The Morgan fingerprint density at radius 3 is 2.26 bits per heavy atom. The molecular weight excluding hydrogens is 710 g/mol. The molecule has 0 spiro atoms. The van der Waals surface area contributed by atoms with Crippen LogP contribution in [-0.2, 0) is 26.5 Å². The van der Waals surface area contributed by atoms with Crippen molar-refractivity contribution in [2.75, 3.05) is 0 Å². The molecule has 214 valence electrons. The molecule has 43 heavy (non-hydrogen) atoms. The fourth-order valence-electron chi connectivity index (χ4n) is 5.62. The van der Waals surface area contributed by atoms with Gasteiger partial charge in [0.2, 0.25) is 0 Å². The zero-order valence-corrected chi connectivity index (χ0v) is 26.4. The third kappa shape index (κ3) is 5.17. The maximum atomic E-state index is 10.9. The summed E-state index contributed by atoms with van der Waals surface area (Å²) in [6.45, 7) is 6.65. The number of phenols is 1. The second kappa shape index (κ2) is 11.3. The Morgan fingerprint density at radius 2 is 1.47 bits per heavy atom. The van der Waals surface area contributed by atoms with Crippen LogP contribution in [0.2, 0.25) is 0 Å². The summed E-state index contributed by atoms with van der Waals surface area (Å²) in [5, 5.41) is 13.1. The minimum atomic E-state index is 0. The molecule has 0 amide bonds. The Balaban J connectivity index is 0.00000329. The number of fused-ring (bicyclic) bond motifs is 2. The van der Waals surface area contributed by atoms with Crippen LogP contribution >= 0.6 is 0 Å². The summed E-state index contributed by atoms with van der Waals surface area (Å²) in [5.74, 6) is 0.872. The van der Waals surface area contributed by atoms with E-state index in [1.807, 2.05) is 42.6 Å². The molecule has 0 aliphatic heterocycles. The average molecular weight is 740 g/mol. The van der Waals surface area contributed by atoms with Crippen LogP contribution in [0.3, 0.4) is 0 Å². The molecule has 0 atom stereocenters. The van der Waals surface area contributed by atoms with Crippen molar-refractivity contribution in [1.29, 1.82) is 0 Å². The number of imidazole rings is 1. The van der Waals surface area contributed by atoms with E-state index in [2.05, 4.69) is 104 Å². The van der Waals surface area contributed by atoms with Crippen LogP contribution in [0.15, 0.2) is 121 Å². The van der Waals surface area contributed by atoms with E-state index < -0.39 is 0 Å². The van der Waals surface area contributed by atoms with Gasteiger partial charge in [0.15, 0.2) is 0 Å². The van der Waals surface area contributed by atoms with Gasteiger partial charge in [0.05, 0.1) is 16.6 Å². The first-order valence-corrected chi connectivity index (χ1v) is 14.2. The number of rotatable bonds is 4. The third-order valence-electron chi connectivity index (χ3n) is 7.81. The van der Waals surface area contributed by atoms with Crippen LogP contribution in [0.4, 0.5) is 0 Å². The van der Waals surface area contributed by atoms with E-state index in [-0.39, 0.29) is 32.2 Å². The predicted molar refractivity (Wildman–Crippen MR) is 172 cm³/mol. The molecule has 7 aromatic rings. The van der Waals surface area contributed by atoms with Gasteiger partial charge in [-0.1, -0.05) is 115 Å². The Bertz CT molecular complexity index is 2090. The van der Waals surface area contributed by atoms with E-state index in [4.69, 9.17) is 9.97 Å². The molecule has 0 saturated heterocycles. The second-order valence-corrected chi connectivity index (χ2v) is 11.6. The minimum absolute atomic E-state index is 0. The molecule has 0 saturated carbocycles. The summed E-state index contributed by atoms with van der Waals surface area (Å²) in [5.41, 5.74) is 8.46. The number of phenolic OH excluding ortho intramolecular Hbond substituents is 1. The van der Waals surface area contributed by atoms with Gasteiger partial charge < -0.3 is 5.11 Å². The number of pyridine rings is 1. The molecule has 0 aliphatic rings. The van der Waals surface area contributed by atoms with E-state index in [0.29, 0.717) is 11.4 Å². The van der Waals surface area contributed by atoms with Crippen molar-refractivity contribution in [3.63, 3.8) is 0 Å². The molecule has 7 rings (SSSR count). The topological polar surface area (TPSA) is 50.9 Å². The zero-order chi connectivity index (χ0) is 28.8. The van der Waals surface area contributed by atoms with Gasteiger partial charge >= 0.3 is 0 Å². The standard InChI is InChI=1S/C38H30N3O.Pt/c1-38(2,3)27-20-21-39-33(24-27)26-22-25-12-7-8-15-29(25)32(23-26)30-17-11-18-34-36(30)40-37(31-16-9-10-19-35(31)42)41(34)28-13-5-4-6-14-28;/h4-22,24,42H,1-3H3;/q-1;. The van der Waals surface area contributed by atoms with Crippen molar-refractivity contribution in [3.8, 4) is 45.2 Å². The third-order valence-corrected chi connectivity index (χ3v) is 7.81. The summed E-state index contributed by atoms with van der Waals surface area (Å²) in [7, 11) is 0. The van der Waals surface area contributed by atoms with Gasteiger partial charge in [-0.15, -0.1) is 17.7 Å². The molecular formula is C38H30N3OPt-. The van der Waals surface area contributed by atoms with Gasteiger partial charge in [0.1, 0.15) is 11.6 Å². The average Bonchev–Trinajstić information content (AvgIpc) is 3.40. The zero-order valence-electron chi connectivity index (χ0n) is 24.2. The first-order chi connectivity index (χ1) is 20.4. The van der Waals surface area contributed by atoms with E-state index in [0.717, 1.165) is 49.9 Å². The number of hydrogen-bond donors (Lipinski definition) is 1. The van der Waals surface area contributed by atoms with Crippen molar-refractivity contribution >= 4 is 21.8 Å². The first-order valence-electron chi connectivity index (χ1n) is 14.2. The maximum Gasteiger partial charge on any atom is 0.148 e. The molecule has 0 fully saturated rings. The number of para-hydroxylation sites is 3. The normalized spacial score (nSPS) is 11.5. The molecule has 0 bridgehead atoms. The van der Waals surface area contributed by atoms with Crippen LogP contribution in [0.25, 0.3) is 61.3 Å². The largest absolute Gasteiger partial charge is 0.507 e. The van der Waals surface area contributed by atoms with E-state index in [1.165, 1.54) is 5.56 Å². The monoisotopic (exact) mass is 739 g/mol. The maximum absolute atomic E-state index is 10.9. The summed E-state index contributed by atoms with van der Waals surface area (Å²) in [6, 6.07) is 42.4. The quantitative estimate of drug-likeness (QED) is 0.183. The first kappa shape index (κ1) is 28.6. The van der Waals surface area contributed by atoms with Crippen LogP contribution < -0.4 is 0 Å². The predicted octanol–water partition coefficient (Wildman–Crippen LogP) is 9.38. The number of nitrogens with zero attached hydrogens (tertiary/aromatic N) is 3. The van der Waals surface area contributed by atoms with Gasteiger partial charge in [-0.3, -0.25) is 9.55 Å². The van der Waals surface area contributed by atoms with Gasteiger partial charge in [-0.25, -0.2) is 4.98 Å². The SMILES string of the molecule is CC(C)(C)c1ccnc(-c2[c-]c(-c3cccc4c3nc(-c3ccccc3O)n4-c3ccccc3)c3ccccc3c2)c1.[Pt]. The Kier molecular flexibility index (Phi) is 7.50. The molecule has 5 heteroatoms. The van der Waals surface area contributed by atoms with Crippen molar-refractivity contribution in [3.05, 3.63) is 133 Å². The van der Waals surface area contributed by atoms with Crippen LogP contribution in [0.5, 0.6) is 5.75 Å². The van der Waals surface area contributed by atoms with Crippen LogP contribution in [-0.4, -0.2) is 19.6 Å². The smallest absolute Gasteiger partial charge is 0.148 e. The Hall–Kier alpha value is -4.53. The van der Waals surface area contributed by atoms with Gasteiger partial charge in [0.25, 0.3) is 0 Å². The molecule has 0 radical (unpaired) electrons. The molecule has 2 heterocycles. The molecule has 1 N–H and O–H groups in total. The molecule has 0 unspecified atom stereocenters. The van der Waals surface area contributed by atoms with Crippen LogP contribution in [0.1, 0.15) is 26.3 Å². The summed E-state index contributed by atoms with van der Waals surface area (Å²) in [4.78, 5) is 9.98. The van der Waals surface area contributed by atoms with Crippen molar-refractivity contribution < 1.29 is 26.2 Å². The second-order valence-electron chi connectivity index (χ2n) is 11.6. The minimum Gasteiger partial charge on any atom is -0.507 e. The van der Waals surface area contributed by atoms with Gasteiger partial charge in [0, 0.05) is 38.6 Å². The van der Waals surface area contributed by atoms with E-state index in [9.17, 15) is 5.11 Å². The number of hydrogen-bond acceptors (Lipinski definition) is 3. The van der Waals surface area contributed by atoms with Crippen LogP contribution in [0, 0.1) is 6.07 Å². The van der Waals surface area contributed by atoms with Gasteiger partial charge in [-0.05, 0) is 47.4 Å². The summed E-state index contributed by atoms with van der Waals surface area (Å²) >= 11 is 0. The number of aromatic hydroxyl groups is 1.